The number of hydrogen-bond donors (Lipinski definition) is 2. The summed E-state index contributed by atoms with van der Waals surface area (Å²) < 4.78 is 5.18. The molecule has 0 aliphatic heterocycles. The van der Waals surface area contributed by atoms with E-state index in [1.165, 1.54) is 11.1 Å². The van der Waals surface area contributed by atoms with Crippen LogP contribution in [0.25, 0.3) is 0 Å². The lowest BCUT2D eigenvalue weighted by atomic mass is 10.2. The summed E-state index contributed by atoms with van der Waals surface area (Å²) in [6, 6.07) is 1.63. The molecule has 1 heterocycles. The van der Waals surface area contributed by atoms with Crippen molar-refractivity contribution in [1.82, 2.24) is 9.88 Å². The summed E-state index contributed by atoms with van der Waals surface area (Å²) in [7, 11) is 1.56. The highest BCUT2D eigenvalue weighted by atomic mass is 16.6. The third-order valence-electron chi connectivity index (χ3n) is 2.16. The molecule has 100 valence electrons. The Hall–Kier alpha value is -1.98. The molecule has 0 spiro atoms. The molecule has 1 amide bonds. The van der Waals surface area contributed by atoms with Gasteiger partial charge in [-0.15, -0.1) is 0 Å². The molecule has 0 radical (unpaired) electrons. The van der Waals surface area contributed by atoms with Crippen LogP contribution in [0.1, 0.15) is 36.8 Å². The summed E-state index contributed by atoms with van der Waals surface area (Å²) in [4.78, 5) is 26.6. The van der Waals surface area contributed by atoms with Crippen molar-refractivity contribution in [3.63, 3.8) is 0 Å². The Bertz CT molecular complexity index is 445. The van der Waals surface area contributed by atoms with Crippen LogP contribution in [0, 0.1) is 0 Å². The monoisotopic (exact) mass is 254 g/mol. The number of amides is 1. The number of nitrogens with zero attached hydrogens (tertiary/aromatic N) is 1. The number of ether oxygens (including phenoxy) is 1. The molecule has 1 aromatic heterocycles. The van der Waals surface area contributed by atoms with Crippen LogP contribution in [0.3, 0.4) is 0 Å². The molecule has 6 nitrogen and oxygen atoms in total. The molecule has 1 aromatic rings. The van der Waals surface area contributed by atoms with Crippen molar-refractivity contribution in [1.29, 1.82) is 0 Å². The summed E-state index contributed by atoms with van der Waals surface area (Å²) in [5, 5.41) is 8.93. The van der Waals surface area contributed by atoms with E-state index >= 15 is 0 Å². The Balaban J connectivity index is 2.70. The fourth-order valence-corrected chi connectivity index (χ4v) is 1.39. The Labute approximate surface area is 106 Å². The van der Waals surface area contributed by atoms with Gasteiger partial charge in [0, 0.05) is 18.8 Å². The van der Waals surface area contributed by atoms with E-state index < -0.39 is 17.7 Å². The molecule has 0 aliphatic rings. The number of nitrogens with one attached hydrogen (secondary N) is 1. The van der Waals surface area contributed by atoms with Gasteiger partial charge in [-0.05, 0) is 26.8 Å². The van der Waals surface area contributed by atoms with Crippen molar-refractivity contribution < 1.29 is 19.4 Å². The highest BCUT2D eigenvalue weighted by molar-refractivity contribution is 5.87. The zero-order valence-electron chi connectivity index (χ0n) is 11.0. The molecule has 0 saturated heterocycles. The summed E-state index contributed by atoms with van der Waals surface area (Å²) in [5.74, 6) is -1.05. The smallest absolute Gasteiger partial charge is 0.410 e. The van der Waals surface area contributed by atoms with Crippen LogP contribution >= 0.6 is 0 Å². The summed E-state index contributed by atoms with van der Waals surface area (Å²) >= 11 is 0. The van der Waals surface area contributed by atoms with E-state index in [0.717, 1.165) is 0 Å². The number of aromatic amines is 1. The predicted molar refractivity (Wildman–Crippen MR) is 65.5 cm³/mol. The summed E-state index contributed by atoms with van der Waals surface area (Å²) in [5.41, 5.74) is 0.0559. The number of hydrogen-bond acceptors (Lipinski definition) is 3. The number of aromatic carboxylic acids is 1. The van der Waals surface area contributed by atoms with Gasteiger partial charge >= 0.3 is 12.1 Å². The first-order valence-corrected chi connectivity index (χ1v) is 5.54. The highest BCUT2D eigenvalue weighted by Gasteiger charge is 2.21. The maximum atomic E-state index is 11.7. The SMILES string of the molecule is CN(Cc1cc[nH]c1C(=O)O)C(=O)OC(C)(C)C. The molecule has 1 rings (SSSR count). The van der Waals surface area contributed by atoms with E-state index in [9.17, 15) is 9.59 Å². The molecule has 0 unspecified atom stereocenters. The van der Waals surface area contributed by atoms with Gasteiger partial charge in [-0.3, -0.25) is 0 Å². The van der Waals surface area contributed by atoms with Gasteiger partial charge in [0.2, 0.25) is 0 Å². The molecule has 0 aliphatic carbocycles. The molecule has 6 heteroatoms. The van der Waals surface area contributed by atoms with Crippen molar-refractivity contribution in [2.24, 2.45) is 0 Å². The molecule has 18 heavy (non-hydrogen) atoms. The second-order valence-corrected chi connectivity index (χ2v) is 5.02. The third kappa shape index (κ3) is 3.80. The van der Waals surface area contributed by atoms with Crippen LogP contribution in [0.15, 0.2) is 12.3 Å². The van der Waals surface area contributed by atoms with E-state index in [1.807, 2.05) is 0 Å². The lowest BCUT2D eigenvalue weighted by molar-refractivity contribution is 0.0283. The van der Waals surface area contributed by atoms with Crippen LogP contribution in [-0.2, 0) is 11.3 Å². The standard InChI is InChI=1S/C12H18N2O4/c1-12(2,3)18-11(17)14(4)7-8-5-6-13-9(8)10(15)16/h5-6,13H,7H2,1-4H3,(H,15,16). The van der Waals surface area contributed by atoms with Crippen molar-refractivity contribution >= 4 is 12.1 Å². The van der Waals surface area contributed by atoms with Gasteiger partial charge in [0.25, 0.3) is 0 Å². The van der Waals surface area contributed by atoms with E-state index in [1.54, 1.807) is 33.9 Å². The topological polar surface area (TPSA) is 82.6 Å². The van der Waals surface area contributed by atoms with Crippen molar-refractivity contribution in [2.45, 2.75) is 32.9 Å². The summed E-state index contributed by atoms with van der Waals surface area (Å²) in [6.07, 6.45) is 1.04. The number of H-pyrrole nitrogens is 1. The summed E-state index contributed by atoms with van der Waals surface area (Å²) in [6.45, 7) is 5.51. The lowest BCUT2D eigenvalue weighted by Gasteiger charge is -2.24. The average Bonchev–Trinajstić information content (AvgIpc) is 2.62. The van der Waals surface area contributed by atoms with E-state index in [-0.39, 0.29) is 12.2 Å². The Morgan fingerprint density at radius 2 is 2.06 bits per heavy atom. The van der Waals surface area contributed by atoms with Gasteiger partial charge in [0.1, 0.15) is 11.3 Å². The highest BCUT2D eigenvalue weighted by Crippen LogP contribution is 2.13. The lowest BCUT2D eigenvalue weighted by Crippen LogP contribution is -2.34. The van der Waals surface area contributed by atoms with Gasteiger partial charge in [0.15, 0.2) is 0 Å². The van der Waals surface area contributed by atoms with Gasteiger partial charge in [-0.1, -0.05) is 0 Å². The predicted octanol–water partition coefficient (Wildman–Crippen LogP) is 2.08. The van der Waals surface area contributed by atoms with Crippen molar-refractivity contribution in [3.05, 3.63) is 23.5 Å². The van der Waals surface area contributed by atoms with Crippen LogP contribution in [-0.4, -0.2) is 39.7 Å². The zero-order valence-corrected chi connectivity index (χ0v) is 11.0. The van der Waals surface area contributed by atoms with Gasteiger partial charge in [-0.25, -0.2) is 9.59 Å². The second kappa shape index (κ2) is 5.12. The number of aromatic nitrogens is 1. The molecule has 0 saturated carbocycles. The number of rotatable bonds is 3. The fraction of sp³-hybridized carbons (Fsp3) is 0.500. The first kappa shape index (κ1) is 14.1. The molecule has 2 N–H and O–H groups in total. The maximum Gasteiger partial charge on any atom is 0.410 e. The molecule has 0 aromatic carbocycles. The van der Waals surface area contributed by atoms with E-state index in [0.29, 0.717) is 5.56 Å². The molecular weight excluding hydrogens is 236 g/mol. The minimum atomic E-state index is -1.05. The van der Waals surface area contributed by atoms with E-state index in [2.05, 4.69) is 4.98 Å². The van der Waals surface area contributed by atoms with Gasteiger partial charge < -0.3 is 19.7 Å². The zero-order chi connectivity index (χ0) is 13.9. The van der Waals surface area contributed by atoms with Crippen LogP contribution in [0.4, 0.5) is 4.79 Å². The number of carbonyl (C=O) groups excluding carboxylic acids is 1. The molecule has 0 fully saturated rings. The minimum absolute atomic E-state index is 0.0883. The van der Waals surface area contributed by atoms with Crippen LogP contribution < -0.4 is 0 Å². The molecule has 0 bridgehead atoms. The van der Waals surface area contributed by atoms with Crippen molar-refractivity contribution in [3.8, 4) is 0 Å². The minimum Gasteiger partial charge on any atom is -0.477 e. The van der Waals surface area contributed by atoms with E-state index in [4.69, 9.17) is 9.84 Å². The Morgan fingerprint density at radius 3 is 2.56 bits per heavy atom. The Morgan fingerprint density at radius 1 is 1.44 bits per heavy atom. The number of carboxylic acids is 1. The maximum absolute atomic E-state index is 11.7. The molecule has 0 atom stereocenters. The van der Waals surface area contributed by atoms with Gasteiger partial charge in [0.05, 0.1) is 6.54 Å². The first-order chi connectivity index (χ1) is 8.20. The quantitative estimate of drug-likeness (QED) is 0.865. The molecular formula is C12H18N2O4. The normalized spacial score (nSPS) is 11.1. The van der Waals surface area contributed by atoms with Gasteiger partial charge in [-0.2, -0.15) is 0 Å². The second-order valence-electron chi connectivity index (χ2n) is 5.02. The Kier molecular flexibility index (Phi) is 4.00. The first-order valence-electron chi connectivity index (χ1n) is 5.54. The number of carboxylic acid groups (broad SMARTS) is 1. The largest absolute Gasteiger partial charge is 0.477 e. The number of carbonyl (C=O) groups is 2. The van der Waals surface area contributed by atoms with Crippen LogP contribution in [0.5, 0.6) is 0 Å². The third-order valence-corrected chi connectivity index (χ3v) is 2.16. The van der Waals surface area contributed by atoms with Crippen molar-refractivity contribution in [2.75, 3.05) is 7.05 Å². The van der Waals surface area contributed by atoms with Crippen LogP contribution in [0.2, 0.25) is 0 Å². The fourth-order valence-electron chi connectivity index (χ4n) is 1.39. The average molecular weight is 254 g/mol.